The van der Waals surface area contributed by atoms with Crippen LogP contribution in [0.2, 0.25) is 0 Å². The summed E-state index contributed by atoms with van der Waals surface area (Å²) in [6, 6.07) is 13.2. The van der Waals surface area contributed by atoms with Crippen LogP contribution < -0.4 is 10.6 Å². The van der Waals surface area contributed by atoms with E-state index in [0.29, 0.717) is 30.7 Å². The van der Waals surface area contributed by atoms with Gasteiger partial charge in [-0.1, -0.05) is 47.2 Å². The molecule has 0 unspecified atom stereocenters. The zero-order valence-corrected chi connectivity index (χ0v) is 24.0. The highest BCUT2D eigenvalue weighted by atomic mass is 33.1. The monoisotopic (exact) mass is 587 g/mol. The molecule has 0 bridgehead atoms. The van der Waals surface area contributed by atoms with Gasteiger partial charge in [0.2, 0.25) is 11.8 Å². The second-order valence-electron chi connectivity index (χ2n) is 8.55. The number of carboxylic acid groups (broad SMARTS) is 1. The summed E-state index contributed by atoms with van der Waals surface area (Å²) in [7, 11) is 4.23. The number of nitrogens with one attached hydrogen (secondary N) is 2. The van der Waals surface area contributed by atoms with Gasteiger partial charge < -0.3 is 20.5 Å². The third-order valence-corrected chi connectivity index (χ3v) is 7.97. The van der Waals surface area contributed by atoms with Gasteiger partial charge in [0.25, 0.3) is 0 Å². The summed E-state index contributed by atoms with van der Waals surface area (Å²) < 4.78 is 4.60. The first-order valence-electron chi connectivity index (χ1n) is 12.6. The van der Waals surface area contributed by atoms with Gasteiger partial charge in [-0.25, -0.2) is 9.78 Å². The molecule has 0 radical (unpaired) electrons. The molecule has 214 valence electrons. The fourth-order valence-electron chi connectivity index (χ4n) is 3.50. The zero-order valence-electron chi connectivity index (χ0n) is 22.4. The van der Waals surface area contributed by atoms with Crippen molar-refractivity contribution in [1.29, 1.82) is 0 Å². The van der Waals surface area contributed by atoms with E-state index in [4.69, 9.17) is 0 Å². The van der Waals surface area contributed by atoms with Crippen molar-refractivity contribution in [2.24, 2.45) is 0 Å². The van der Waals surface area contributed by atoms with Gasteiger partial charge >= 0.3 is 11.9 Å². The van der Waals surface area contributed by atoms with Crippen molar-refractivity contribution in [1.82, 2.24) is 15.6 Å². The third kappa shape index (κ3) is 11.6. The lowest BCUT2D eigenvalue weighted by atomic mass is 9.97. The van der Waals surface area contributed by atoms with Crippen molar-refractivity contribution in [2.75, 3.05) is 19.4 Å². The SMILES string of the molecule is COC(=O)CC/C(C(=O)N[C@H](C(=O)CCCNC(=O)CCSSc1ccccn1)c1ccccc1)=C(\C)C(=O)O. The number of benzene rings is 1. The molecule has 0 aliphatic carbocycles. The fraction of sp³-hybridized carbons (Fsp3) is 0.357. The number of carbonyl (C=O) groups is 5. The van der Waals surface area contributed by atoms with Crippen LogP contribution in [-0.4, -0.2) is 59.0 Å². The minimum Gasteiger partial charge on any atom is -0.478 e. The number of nitrogens with zero attached hydrogens (tertiary/aromatic N) is 1. The van der Waals surface area contributed by atoms with Crippen LogP contribution in [0.4, 0.5) is 0 Å². The molecule has 0 fully saturated rings. The number of hydrogen-bond acceptors (Lipinski definition) is 9. The second kappa shape index (κ2) is 17.9. The summed E-state index contributed by atoms with van der Waals surface area (Å²) >= 11 is 0. The highest BCUT2D eigenvalue weighted by Gasteiger charge is 2.26. The Bertz CT molecular complexity index is 1190. The summed E-state index contributed by atoms with van der Waals surface area (Å²) in [5.41, 5.74) is 0.200. The van der Waals surface area contributed by atoms with Crippen LogP contribution in [0.3, 0.4) is 0 Å². The molecule has 3 N–H and O–H groups in total. The maximum atomic E-state index is 13.2. The Morgan fingerprint density at radius 1 is 0.975 bits per heavy atom. The molecule has 0 spiro atoms. The zero-order chi connectivity index (χ0) is 29.3. The van der Waals surface area contributed by atoms with Crippen molar-refractivity contribution in [3.8, 4) is 0 Å². The molecule has 0 saturated carbocycles. The predicted octanol–water partition coefficient (Wildman–Crippen LogP) is 3.89. The number of ether oxygens (including phenoxy) is 1. The Morgan fingerprint density at radius 2 is 1.70 bits per heavy atom. The van der Waals surface area contributed by atoms with Gasteiger partial charge in [0, 0.05) is 48.9 Å². The van der Waals surface area contributed by atoms with Gasteiger partial charge in [-0.3, -0.25) is 19.2 Å². The van der Waals surface area contributed by atoms with E-state index in [2.05, 4.69) is 20.4 Å². The van der Waals surface area contributed by atoms with Crippen LogP contribution >= 0.6 is 21.6 Å². The van der Waals surface area contributed by atoms with Crippen molar-refractivity contribution < 1.29 is 33.8 Å². The van der Waals surface area contributed by atoms with Gasteiger partial charge in [0.1, 0.15) is 11.1 Å². The number of pyridine rings is 1. The van der Waals surface area contributed by atoms with Crippen molar-refractivity contribution in [3.05, 3.63) is 71.4 Å². The first-order valence-corrected chi connectivity index (χ1v) is 14.9. The van der Waals surface area contributed by atoms with Crippen molar-refractivity contribution >= 4 is 51.1 Å². The molecular formula is C28H33N3O7S2. The molecule has 40 heavy (non-hydrogen) atoms. The van der Waals surface area contributed by atoms with Crippen LogP contribution in [0.5, 0.6) is 0 Å². The average Bonchev–Trinajstić information content (AvgIpc) is 2.96. The Morgan fingerprint density at radius 3 is 2.35 bits per heavy atom. The number of carboxylic acids is 1. The Balaban J connectivity index is 1.92. The first kappa shape index (κ1) is 32.6. The number of ketones is 1. The normalized spacial score (nSPS) is 12.1. The van der Waals surface area contributed by atoms with Gasteiger partial charge in [0.15, 0.2) is 5.78 Å². The quantitative estimate of drug-likeness (QED) is 0.108. The van der Waals surface area contributed by atoms with Gasteiger partial charge in [0.05, 0.1) is 7.11 Å². The number of aromatic nitrogens is 1. The van der Waals surface area contributed by atoms with Crippen LogP contribution in [0.25, 0.3) is 0 Å². The topological polar surface area (TPSA) is 152 Å². The molecule has 1 aromatic carbocycles. The largest absolute Gasteiger partial charge is 0.478 e. The van der Waals surface area contributed by atoms with E-state index in [9.17, 15) is 29.1 Å². The van der Waals surface area contributed by atoms with Crippen LogP contribution in [-0.2, 0) is 28.7 Å². The van der Waals surface area contributed by atoms with Crippen LogP contribution in [0.1, 0.15) is 50.6 Å². The number of aliphatic carboxylic acids is 1. The predicted molar refractivity (Wildman–Crippen MR) is 153 cm³/mol. The van der Waals surface area contributed by atoms with E-state index < -0.39 is 23.9 Å². The Hall–Kier alpha value is -3.64. The highest BCUT2D eigenvalue weighted by Crippen LogP contribution is 2.29. The summed E-state index contributed by atoms with van der Waals surface area (Å²) in [5.74, 6) is -2.46. The number of hydrogen-bond donors (Lipinski definition) is 3. The number of rotatable bonds is 17. The smallest absolute Gasteiger partial charge is 0.331 e. The second-order valence-corrected chi connectivity index (χ2v) is 11.0. The number of Topliss-reactive ketones (excluding diaryl/α,β-unsaturated/α-hetero) is 1. The number of esters is 1. The molecule has 1 atom stereocenters. The summed E-state index contributed by atoms with van der Waals surface area (Å²) in [6.07, 6.45) is 2.13. The standard InChI is InChI=1S/C28H33N3O7S2/c1-19(28(36)37)21(13-14-25(34)38-2)27(35)31-26(20-9-4-3-5-10-20)22(32)11-8-17-29-23(33)15-18-39-40-24-12-6-7-16-30-24/h3-7,9-10,12,16,26H,8,11,13-15,17-18H2,1-2H3,(H,29,33)(H,31,35)(H,36,37)/b21-19-/t26-/m0/s1. The van der Waals surface area contributed by atoms with E-state index in [1.54, 1.807) is 36.5 Å². The Labute approximate surface area is 241 Å². The third-order valence-electron chi connectivity index (χ3n) is 5.70. The van der Waals surface area contributed by atoms with E-state index in [1.807, 2.05) is 18.2 Å². The van der Waals surface area contributed by atoms with Crippen LogP contribution in [0, 0.1) is 0 Å². The maximum absolute atomic E-state index is 13.2. The highest BCUT2D eigenvalue weighted by molar-refractivity contribution is 8.76. The van der Waals surface area contributed by atoms with E-state index >= 15 is 0 Å². The van der Waals surface area contributed by atoms with Gasteiger partial charge in [-0.2, -0.15) is 0 Å². The molecule has 1 aromatic heterocycles. The van der Waals surface area contributed by atoms with E-state index in [-0.39, 0.29) is 42.1 Å². The average molecular weight is 588 g/mol. The summed E-state index contributed by atoms with van der Waals surface area (Å²) in [4.78, 5) is 65.8. The molecule has 1 heterocycles. The lowest BCUT2D eigenvalue weighted by molar-refractivity contribution is -0.140. The minimum atomic E-state index is -1.30. The molecule has 0 aliphatic heterocycles. The first-order chi connectivity index (χ1) is 19.2. The number of methoxy groups -OCH3 is 1. The lowest BCUT2D eigenvalue weighted by Gasteiger charge is -2.20. The minimum absolute atomic E-state index is 0.0729. The number of carbonyl (C=O) groups excluding carboxylic acids is 4. The molecule has 0 saturated heterocycles. The molecule has 12 heteroatoms. The molecule has 0 aliphatic rings. The number of amides is 2. The molecule has 10 nitrogen and oxygen atoms in total. The van der Waals surface area contributed by atoms with Crippen molar-refractivity contribution in [3.63, 3.8) is 0 Å². The van der Waals surface area contributed by atoms with E-state index in [0.717, 1.165) is 5.03 Å². The molecule has 2 amide bonds. The Kier molecular flexibility index (Phi) is 14.5. The van der Waals surface area contributed by atoms with Gasteiger partial charge in [-0.05, 0) is 48.3 Å². The van der Waals surface area contributed by atoms with Gasteiger partial charge in [-0.15, -0.1) is 0 Å². The van der Waals surface area contributed by atoms with Crippen LogP contribution in [0.15, 0.2) is 70.9 Å². The lowest BCUT2D eigenvalue weighted by Crippen LogP contribution is -2.36. The molecule has 2 aromatic rings. The summed E-state index contributed by atoms with van der Waals surface area (Å²) in [5, 5.41) is 15.8. The summed E-state index contributed by atoms with van der Waals surface area (Å²) in [6.45, 7) is 1.56. The molecule has 2 rings (SSSR count). The molecular weight excluding hydrogens is 554 g/mol. The van der Waals surface area contributed by atoms with Crippen molar-refractivity contribution in [2.45, 2.75) is 50.1 Å². The maximum Gasteiger partial charge on any atom is 0.331 e. The van der Waals surface area contributed by atoms with E-state index in [1.165, 1.54) is 35.6 Å². The fourth-order valence-corrected chi connectivity index (χ4v) is 5.37.